The lowest BCUT2D eigenvalue weighted by molar-refractivity contribution is 0.109. The van der Waals surface area contributed by atoms with Crippen LogP contribution >= 0.6 is 27.3 Å². The summed E-state index contributed by atoms with van der Waals surface area (Å²) in [5, 5.41) is 10.7. The molecule has 2 rings (SSSR count). The maximum Gasteiger partial charge on any atom is 0.0826 e. The van der Waals surface area contributed by atoms with Crippen molar-refractivity contribution in [3.05, 3.63) is 56.2 Å². The molecule has 0 aliphatic carbocycles. The quantitative estimate of drug-likeness (QED) is 0.827. The van der Waals surface area contributed by atoms with E-state index in [1.165, 1.54) is 0 Å². The van der Waals surface area contributed by atoms with Crippen LogP contribution in [0.15, 0.2) is 40.2 Å². The molecule has 1 heterocycles. The first-order valence-electron chi connectivity index (χ1n) is 6.28. The third-order valence-electron chi connectivity index (χ3n) is 2.62. The molecule has 0 aliphatic rings. The average molecular weight is 351 g/mol. The molecule has 1 aromatic heterocycles. The van der Waals surface area contributed by atoms with Crippen LogP contribution in [-0.2, 0) is 18.0 Å². The van der Waals surface area contributed by atoms with E-state index in [9.17, 15) is 0 Å². The predicted molar refractivity (Wildman–Crippen MR) is 85.5 cm³/mol. The monoisotopic (exact) mass is 350 g/mol. The smallest absolute Gasteiger partial charge is 0.0826 e. The van der Waals surface area contributed by atoms with Crippen molar-refractivity contribution < 1.29 is 9.84 Å². The van der Waals surface area contributed by atoms with Crippen LogP contribution in [0.25, 0.3) is 0 Å². The molecule has 20 heavy (non-hydrogen) atoms. The second-order valence-corrected chi connectivity index (χ2v) is 6.07. The SMILES string of the molecule is OCCC#Cc1ccsc1COCc1ccc(Br)cc1. The van der Waals surface area contributed by atoms with Crippen molar-refractivity contribution in [1.29, 1.82) is 0 Å². The molecule has 0 bridgehead atoms. The number of thiophene rings is 1. The molecule has 1 aromatic carbocycles. The second-order valence-electron chi connectivity index (χ2n) is 4.15. The molecule has 0 amide bonds. The van der Waals surface area contributed by atoms with Crippen molar-refractivity contribution >= 4 is 27.3 Å². The number of aliphatic hydroxyl groups excluding tert-OH is 1. The van der Waals surface area contributed by atoms with Gasteiger partial charge < -0.3 is 9.84 Å². The summed E-state index contributed by atoms with van der Waals surface area (Å²) in [5.41, 5.74) is 2.15. The van der Waals surface area contributed by atoms with Crippen molar-refractivity contribution in [1.82, 2.24) is 0 Å². The molecule has 0 atom stereocenters. The van der Waals surface area contributed by atoms with Gasteiger partial charge in [0, 0.05) is 21.3 Å². The minimum Gasteiger partial charge on any atom is -0.395 e. The predicted octanol–water partition coefficient (Wildman–Crippen LogP) is 3.96. The van der Waals surface area contributed by atoms with Crippen molar-refractivity contribution in [2.45, 2.75) is 19.6 Å². The summed E-state index contributed by atoms with van der Waals surface area (Å²) in [6, 6.07) is 10.1. The van der Waals surface area contributed by atoms with Gasteiger partial charge in [0.25, 0.3) is 0 Å². The van der Waals surface area contributed by atoms with Gasteiger partial charge in [-0.05, 0) is 29.1 Å². The van der Waals surface area contributed by atoms with Crippen molar-refractivity contribution in [3.63, 3.8) is 0 Å². The summed E-state index contributed by atoms with van der Waals surface area (Å²) in [5.74, 6) is 6.00. The Kier molecular flexibility index (Phi) is 6.28. The molecule has 0 radical (unpaired) electrons. The van der Waals surface area contributed by atoms with E-state index in [1.54, 1.807) is 11.3 Å². The molecule has 0 spiro atoms. The van der Waals surface area contributed by atoms with Gasteiger partial charge in [0.2, 0.25) is 0 Å². The molecule has 0 fully saturated rings. The lowest BCUT2D eigenvalue weighted by atomic mass is 10.2. The fraction of sp³-hybridized carbons (Fsp3) is 0.250. The largest absolute Gasteiger partial charge is 0.395 e. The van der Waals surface area contributed by atoms with E-state index >= 15 is 0 Å². The van der Waals surface area contributed by atoms with E-state index in [0.29, 0.717) is 19.6 Å². The van der Waals surface area contributed by atoms with Gasteiger partial charge in [-0.15, -0.1) is 11.3 Å². The van der Waals surface area contributed by atoms with Gasteiger partial charge in [-0.1, -0.05) is 39.9 Å². The van der Waals surface area contributed by atoms with Gasteiger partial charge in [0.05, 0.1) is 19.8 Å². The topological polar surface area (TPSA) is 29.5 Å². The Morgan fingerprint density at radius 3 is 2.70 bits per heavy atom. The third-order valence-corrected chi connectivity index (χ3v) is 4.04. The number of hydrogen-bond donors (Lipinski definition) is 1. The fourth-order valence-electron chi connectivity index (χ4n) is 1.62. The van der Waals surface area contributed by atoms with Crippen LogP contribution < -0.4 is 0 Å². The molecule has 0 saturated heterocycles. The van der Waals surface area contributed by atoms with Gasteiger partial charge >= 0.3 is 0 Å². The highest BCUT2D eigenvalue weighted by Gasteiger charge is 2.02. The van der Waals surface area contributed by atoms with Gasteiger partial charge in [-0.25, -0.2) is 0 Å². The van der Waals surface area contributed by atoms with E-state index in [-0.39, 0.29) is 6.61 Å². The van der Waals surface area contributed by atoms with E-state index in [0.717, 1.165) is 20.5 Å². The Morgan fingerprint density at radius 1 is 1.15 bits per heavy atom. The Morgan fingerprint density at radius 2 is 1.95 bits per heavy atom. The highest BCUT2D eigenvalue weighted by molar-refractivity contribution is 9.10. The van der Waals surface area contributed by atoms with Gasteiger partial charge in [0.15, 0.2) is 0 Å². The first-order valence-corrected chi connectivity index (χ1v) is 7.95. The van der Waals surface area contributed by atoms with E-state index in [2.05, 4.69) is 27.8 Å². The highest BCUT2D eigenvalue weighted by Crippen LogP contribution is 2.18. The molecule has 0 unspecified atom stereocenters. The number of ether oxygens (including phenoxy) is 1. The van der Waals surface area contributed by atoms with E-state index in [4.69, 9.17) is 9.84 Å². The summed E-state index contributed by atoms with van der Waals surface area (Å²) >= 11 is 5.06. The zero-order chi connectivity index (χ0) is 14.2. The molecular weight excluding hydrogens is 336 g/mol. The molecule has 2 aromatic rings. The molecule has 1 N–H and O–H groups in total. The number of rotatable bonds is 5. The minimum absolute atomic E-state index is 0.104. The summed E-state index contributed by atoms with van der Waals surface area (Å²) < 4.78 is 6.80. The van der Waals surface area contributed by atoms with Crippen LogP contribution in [-0.4, -0.2) is 11.7 Å². The second kappa shape index (κ2) is 8.23. The Hall–Kier alpha value is -1.12. The molecule has 2 nitrogen and oxygen atoms in total. The molecule has 0 saturated carbocycles. The number of aliphatic hydroxyl groups is 1. The van der Waals surface area contributed by atoms with Gasteiger partial charge in [0.1, 0.15) is 0 Å². The third kappa shape index (κ3) is 4.77. The molecular formula is C16H15BrO2S. The van der Waals surface area contributed by atoms with Crippen LogP contribution in [0.1, 0.15) is 22.4 Å². The molecule has 0 aliphatic heterocycles. The number of hydrogen-bond acceptors (Lipinski definition) is 3. The average Bonchev–Trinajstić information content (AvgIpc) is 2.89. The zero-order valence-corrected chi connectivity index (χ0v) is 13.3. The fourth-order valence-corrected chi connectivity index (χ4v) is 2.65. The summed E-state index contributed by atoms with van der Waals surface area (Å²) in [6.45, 7) is 1.26. The Balaban J connectivity index is 1.87. The standard InChI is InChI=1S/C16H15BrO2S/c17-15-6-4-13(5-7-15)11-19-12-16-14(8-10-20-16)3-1-2-9-18/h4-8,10,18H,2,9,11-12H2. The molecule has 104 valence electrons. The maximum atomic E-state index is 8.72. The first-order chi connectivity index (χ1) is 9.79. The van der Waals surface area contributed by atoms with Gasteiger partial charge in [-0.2, -0.15) is 0 Å². The van der Waals surface area contributed by atoms with Crippen LogP contribution in [0.4, 0.5) is 0 Å². The van der Waals surface area contributed by atoms with Crippen LogP contribution in [0.2, 0.25) is 0 Å². The summed E-state index contributed by atoms with van der Waals surface area (Å²) in [6.07, 6.45) is 0.509. The van der Waals surface area contributed by atoms with Crippen molar-refractivity contribution in [2.75, 3.05) is 6.61 Å². The first kappa shape index (κ1) is 15.3. The van der Waals surface area contributed by atoms with Crippen LogP contribution in [0.5, 0.6) is 0 Å². The van der Waals surface area contributed by atoms with Crippen molar-refractivity contribution in [3.8, 4) is 11.8 Å². The van der Waals surface area contributed by atoms with E-state index < -0.39 is 0 Å². The van der Waals surface area contributed by atoms with Crippen LogP contribution in [0.3, 0.4) is 0 Å². The Labute approximate surface area is 131 Å². The maximum absolute atomic E-state index is 8.72. The summed E-state index contributed by atoms with van der Waals surface area (Å²) in [7, 11) is 0. The van der Waals surface area contributed by atoms with Crippen LogP contribution in [0, 0.1) is 11.8 Å². The minimum atomic E-state index is 0.104. The Bertz CT molecular complexity index is 593. The van der Waals surface area contributed by atoms with Crippen molar-refractivity contribution in [2.24, 2.45) is 0 Å². The summed E-state index contributed by atoms with van der Waals surface area (Å²) in [4.78, 5) is 1.13. The highest BCUT2D eigenvalue weighted by atomic mass is 79.9. The lowest BCUT2D eigenvalue weighted by Gasteiger charge is -2.04. The molecule has 4 heteroatoms. The lowest BCUT2D eigenvalue weighted by Crippen LogP contribution is -1.93. The zero-order valence-electron chi connectivity index (χ0n) is 10.9. The number of halogens is 1. The van der Waals surface area contributed by atoms with E-state index in [1.807, 2.05) is 35.7 Å². The number of benzene rings is 1. The normalized spacial score (nSPS) is 10.1. The van der Waals surface area contributed by atoms with Gasteiger partial charge in [-0.3, -0.25) is 0 Å².